The number of nitrogens with one attached hydrogen (secondary N) is 1. The Kier molecular flexibility index (Phi) is 4.88. The van der Waals surface area contributed by atoms with Crippen molar-refractivity contribution in [3.63, 3.8) is 0 Å². The Bertz CT molecular complexity index is 425. The molecule has 2 heterocycles. The van der Waals surface area contributed by atoms with E-state index in [4.69, 9.17) is 4.74 Å². The van der Waals surface area contributed by atoms with Gasteiger partial charge in [0.25, 0.3) is 0 Å². The number of rotatable bonds is 5. The molecular formula is C17H27N3O. The zero-order valence-electron chi connectivity index (χ0n) is 13.1. The third-order valence-electron chi connectivity index (χ3n) is 5.25. The molecule has 0 bridgehead atoms. The van der Waals surface area contributed by atoms with Gasteiger partial charge in [-0.1, -0.05) is 18.9 Å². The van der Waals surface area contributed by atoms with Crippen molar-refractivity contribution in [3.05, 3.63) is 30.1 Å². The van der Waals surface area contributed by atoms with Gasteiger partial charge in [0.1, 0.15) is 0 Å². The summed E-state index contributed by atoms with van der Waals surface area (Å²) >= 11 is 0. The fourth-order valence-electron chi connectivity index (χ4n) is 4.17. The van der Waals surface area contributed by atoms with Crippen LogP contribution in [0.15, 0.2) is 24.4 Å². The van der Waals surface area contributed by atoms with E-state index in [1.54, 1.807) is 0 Å². The minimum Gasteiger partial charge on any atom is -0.379 e. The maximum Gasteiger partial charge on any atom is 0.0594 e. The second-order valence-corrected chi connectivity index (χ2v) is 6.28. The zero-order valence-corrected chi connectivity index (χ0v) is 13.1. The van der Waals surface area contributed by atoms with Crippen LogP contribution >= 0.6 is 0 Å². The highest BCUT2D eigenvalue weighted by Gasteiger charge is 2.45. The molecule has 0 spiro atoms. The molecule has 3 rings (SSSR count). The smallest absolute Gasteiger partial charge is 0.0594 e. The summed E-state index contributed by atoms with van der Waals surface area (Å²) in [6.45, 7) is 3.89. The topological polar surface area (TPSA) is 37.4 Å². The lowest BCUT2D eigenvalue weighted by atomic mass is 9.83. The minimum absolute atomic E-state index is 0.288. The van der Waals surface area contributed by atoms with Crippen LogP contribution in [0.4, 0.5) is 0 Å². The largest absolute Gasteiger partial charge is 0.379 e. The molecular weight excluding hydrogens is 262 g/mol. The molecule has 2 fully saturated rings. The number of hydrogen-bond donors (Lipinski definition) is 1. The molecule has 1 aliphatic heterocycles. The van der Waals surface area contributed by atoms with Gasteiger partial charge in [-0.15, -0.1) is 0 Å². The van der Waals surface area contributed by atoms with E-state index in [0.717, 1.165) is 32.7 Å². The molecule has 2 aliphatic rings. The molecule has 1 aliphatic carbocycles. The normalized spacial score (nSPS) is 24.0. The van der Waals surface area contributed by atoms with Gasteiger partial charge in [-0.05, 0) is 32.0 Å². The third kappa shape index (κ3) is 3.12. The highest BCUT2D eigenvalue weighted by Crippen LogP contribution is 2.39. The predicted molar refractivity (Wildman–Crippen MR) is 84.4 cm³/mol. The standard InChI is InChI=1S/C17H27N3O/c1-18-16(14-15-6-2-5-9-19-15)17(7-3-4-8-17)20-10-12-21-13-11-20/h2,5-6,9,16,18H,3-4,7-8,10-14H2,1H3. The van der Waals surface area contributed by atoms with Gasteiger partial charge in [0.15, 0.2) is 0 Å². The number of hydrogen-bond acceptors (Lipinski definition) is 4. The van der Waals surface area contributed by atoms with E-state index in [1.165, 1.54) is 31.4 Å². The van der Waals surface area contributed by atoms with Crippen LogP contribution in [0.3, 0.4) is 0 Å². The number of ether oxygens (including phenoxy) is 1. The zero-order chi connectivity index (χ0) is 14.5. The second kappa shape index (κ2) is 6.86. The van der Waals surface area contributed by atoms with E-state index in [1.807, 2.05) is 12.3 Å². The van der Waals surface area contributed by atoms with Crippen molar-refractivity contribution in [1.29, 1.82) is 0 Å². The number of pyridine rings is 1. The Hall–Kier alpha value is -0.970. The van der Waals surface area contributed by atoms with Crippen molar-refractivity contribution in [3.8, 4) is 0 Å². The first-order valence-corrected chi connectivity index (χ1v) is 8.25. The first-order valence-electron chi connectivity index (χ1n) is 8.25. The van der Waals surface area contributed by atoms with Gasteiger partial charge >= 0.3 is 0 Å². The average molecular weight is 289 g/mol. The molecule has 1 saturated heterocycles. The lowest BCUT2D eigenvalue weighted by Crippen LogP contribution is -2.62. The maximum absolute atomic E-state index is 5.56. The van der Waals surface area contributed by atoms with Crippen molar-refractivity contribution in [2.75, 3.05) is 33.4 Å². The number of morpholine rings is 1. The number of nitrogens with zero attached hydrogens (tertiary/aromatic N) is 2. The Labute approximate surface area is 127 Å². The Morgan fingerprint density at radius 2 is 2.05 bits per heavy atom. The molecule has 0 aromatic carbocycles. The maximum atomic E-state index is 5.56. The fraction of sp³-hybridized carbons (Fsp3) is 0.706. The van der Waals surface area contributed by atoms with Crippen molar-refractivity contribution in [2.45, 2.75) is 43.7 Å². The van der Waals surface area contributed by atoms with Gasteiger partial charge in [-0.25, -0.2) is 0 Å². The van der Waals surface area contributed by atoms with Gasteiger partial charge in [0.2, 0.25) is 0 Å². The molecule has 1 atom stereocenters. The highest BCUT2D eigenvalue weighted by molar-refractivity contribution is 5.11. The van der Waals surface area contributed by atoms with Crippen molar-refractivity contribution >= 4 is 0 Å². The van der Waals surface area contributed by atoms with Crippen LogP contribution in [-0.4, -0.2) is 54.8 Å². The summed E-state index contributed by atoms with van der Waals surface area (Å²) < 4.78 is 5.56. The molecule has 1 N–H and O–H groups in total. The van der Waals surface area contributed by atoms with Crippen LogP contribution in [0.5, 0.6) is 0 Å². The SMILES string of the molecule is CNC(Cc1ccccn1)C1(N2CCOCC2)CCCC1. The Morgan fingerprint density at radius 1 is 1.29 bits per heavy atom. The van der Waals surface area contributed by atoms with Crippen LogP contribution in [0.1, 0.15) is 31.4 Å². The monoisotopic (exact) mass is 289 g/mol. The van der Waals surface area contributed by atoms with E-state index < -0.39 is 0 Å². The summed E-state index contributed by atoms with van der Waals surface area (Å²) in [7, 11) is 2.11. The van der Waals surface area contributed by atoms with Gasteiger partial charge in [0, 0.05) is 43.0 Å². The minimum atomic E-state index is 0.288. The van der Waals surface area contributed by atoms with Gasteiger partial charge in [0.05, 0.1) is 13.2 Å². The quantitative estimate of drug-likeness (QED) is 0.898. The van der Waals surface area contributed by atoms with Gasteiger partial charge in [-0.2, -0.15) is 0 Å². The van der Waals surface area contributed by atoms with E-state index in [2.05, 4.69) is 34.4 Å². The fourth-order valence-corrected chi connectivity index (χ4v) is 4.17. The summed E-state index contributed by atoms with van der Waals surface area (Å²) in [5, 5.41) is 3.61. The molecule has 21 heavy (non-hydrogen) atoms. The molecule has 1 aromatic rings. The number of aromatic nitrogens is 1. The second-order valence-electron chi connectivity index (χ2n) is 6.28. The molecule has 1 aromatic heterocycles. The molecule has 116 valence electrons. The van der Waals surface area contributed by atoms with Crippen LogP contribution in [0, 0.1) is 0 Å². The third-order valence-corrected chi connectivity index (χ3v) is 5.25. The van der Waals surface area contributed by atoms with Crippen LogP contribution in [0.2, 0.25) is 0 Å². The Morgan fingerprint density at radius 3 is 2.67 bits per heavy atom. The summed E-state index contributed by atoms with van der Waals surface area (Å²) in [6, 6.07) is 6.69. The summed E-state index contributed by atoms with van der Waals surface area (Å²) in [5.41, 5.74) is 1.48. The van der Waals surface area contributed by atoms with Gasteiger partial charge in [-0.3, -0.25) is 9.88 Å². The molecule has 1 unspecified atom stereocenters. The highest BCUT2D eigenvalue weighted by atomic mass is 16.5. The van der Waals surface area contributed by atoms with Crippen molar-refractivity contribution in [1.82, 2.24) is 15.2 Å². The van der Waals surface area contributed by atoms with E-state index in [0.29, 0.717) is 6.04 Å². The lowest BCUT2D eigenvalue weighted by Gasteiger charge is -2.48. The van der Waals surface area contributed by atoms with E-state index in [9.17, 15) is 0 Å². The summed E-state index contributed by atoms with van der Waals surface area (Å²) in [6.07, 6.45) is 8.19. The Balaban J connectivity index is 1.80. The number of likely N-dealkylation sites (N-methyl/N-ethyl adjacent to an activating group) is 1. The average Bonchev–Trinajstić information content (AvgIpc) is 3.05. The molecule has 0 amide bonds. The molecule has 4 heteroatoms. The first-order chi connectivity index (χ1) is 10.3. The first kappa shape index (κ1) is 14.9. The van der Waals surface area contributed by atoms with E-state index in [-0.39, 0.29) is 5.54 Å². The summed E-state index contributed by atoms with van der Waals surface area (Å²) in [4.78, 5) is 7.22. The van der Waals surface area contributed by atoms with E-state index >= 15 is 0 Å². The van der Waals surface area contributed by atoms with Crippen molar-refractivity contribution < 1.29 is 4.74 Å². The van der Waals surface area contributed by atoms with Crippen LogP contribution in [-0.2, 0) is 11.2 Å². The van der Waals surface area contributed by atoms with Crippen molar-refractivity contribution in [2.24, 2.45) is 0 Å². The van der Waals surface area contributed by atoms with Gasteiger partial charge < -0.3 is 10.1 Å². The lowest BCUT2D eigenvalue weighted by molar-refractivity contribution is -0.0348. The molecule has 0 radical (unpaired) electrons. The predicted octanol–water partition coefficient (Wildman–Crippen LogP) is 1.86. The van der Waals surface area contributed by atoms with Crippen LogP contribution in [0.25, 0.3) is 0 Å². The molecule has 1 saturated carbocycles. The van der Waals surface area contributed by atoms with Crippen LogP contribution < -0.4 is 5.32 Å². The molecule has 4 nitrogen and oxygen atoms in total. The summed E-state index contributed by atoms with van der Waals surface area (Å²) in [5.74, 6) is 0.